The third-order valence-corrected chi connectivity index (χ3v) is 2.94. The molecule has 78 valence electrons. The first kappa shape index (κ1) is 11.5. The molecule has 0 fully saturated rings. The summed E-state index contributed by atoms with van der Waals surface area (Å²) < 4.78 is 4.79. The highest BCUT2D eigenvalue weighted by Crippen LogP contribution is 2.20. The Morgan fingerprint density at radius 3 is 3.00 bits per heavy atom. The lowest BCUT2D eigenvalue weighted by Crippen LogP contribution is -2.34. The summed E-state index contributed by atoms with van der Waals surface area (Å²) in [6.07, 6.45) is 0.482. The first-order valence-electron chi connectivity index (χ1n) is 4.28. The molecule has 0 saturated carbocycles. The quantitative estimate of drug-likeness (QED) is 0.808. The van der Waals surface area contributed by atoms with E-state index in [1.54, 1.807) is 6.92 Å². The van der Waals surface area contributed by atoms with Crippen LogP contribution in [0.25, 0.3) is 0 Å². The van der Waals surface area contributed by atoms with Crippen LogP contribution in [0.3, 0.4) is 0 Å². The number of thiophene rings is 1. The normalized spacial score (nSPS) is 12.5. The van der Waals surface area contributed by atoms with E-state index in [4.69, 9.17) is 22.1 Å². The van der Waals surface area contributed by atoms with Gasteiger partial charge in [-0.2, -0.15) is 0 Å². The van der Waals surface area contributed by atoms with E-state index >= 15 is 0 Å². The molecule has 0 aliphatic carbocycles. The van der Waals surface area contributed by atoms with Crippen molar-refractivity contribution in [1.82, 2.24) is 0 Å². The largest absolute Gasteiger partial charge is 0.465 e. The lowest BCUT2D eigenvalue weighted by atomic mass is 10.2. The summed E-state index contributed by atoms with van der Waals surface area (Å²) in [6.45, 7) is 2.12. The molecule has 0 aliphatic heterocycles. The molecule has 0 amide bonds. The fourth-order valence-corrected chi connectivity index (χ4v) is 2.14. The first-order valence-corrected chi connectivity index (χ1v) is 5.54. The van der Waals surface area contributed by atoms with E-state index in [9.17, 15) is 4.79 Å². The summed E-state index contributed by atoms with van der Waals surface area (Å²) in [4.78, 5) is 12.2. The molecule has 3 nitrogen and oxygen atoms in total. The Kier molecular flexibility index (Phi) is 4.38. The molecule has 1 aromatic rings. The lowest BCUT2D eigenvalue weighted by Gasteiger charge is -2.08. The topological polar surface area (TPSA) is 52.3 Å². The number of halogens is 1. The van der Waals surface area contributed by atoms with Crippen molar-refractivity contribution in [2.75, 3.05) is 6.61 Å². The third kappa shape index (κ3) is 3.29. The van der Waals surface area contributed by atoms with Gasteiger partial charge < -0.3 is 10.5 Å². The van der Waals surface area contributed by atoms with E-state index in [-0.39, 0.29) is 5.97 Å². The van der Waals surface area contributed by atoms with Crippen molar-refractivity contribution < 1.29 is 9.53 Å². The van der Waals surface area contributed by atoms with Gasteiger partial charge in [0, 0.05) is 16.7 Å². The van der Waals surface area contributed by atoms with Gasteiger partial charge in [0.1, 0.15) is 6.04 Å². The summed E-state index contributed by atoms with van der Waals surface area (Å²) in [6, 6.07) is 1.22. The number of carbonyl (C=O) groups excluding carboxylic acids is 1. The van der Waals surface area contributed by atoms with Gasteiger partial charge in [-0.25, -0.2) is 0 Å². The van der Waals surface area contributed by atoms with Crippen LogP contribution in [0.15, 0.2) is 11.4 Å². The molecule has 0 bridgehead atoms. The van der Waals surface area contributed by atoms with Gasteiger partial charge in [0.15, 0.2) is 0 Å². The fourth-order valence-electron chi connectivity index (χ4n) is 1.01. The van der Waals surface area contributed by atoms with Gasteiger partial charge in [0.2, 0.25) is 0 Å². The van der Waals surface area contributed by atoms with Crippen LogP contribution >= 0.6 is 22.9 Å². The van der Waals surface area contributed by atoms with Gasteiger partial charge in [-0.05, 0) is 13.0 Å². The van der Waals surface area contributed by atoms with Crippen LogP contribution in [-0.4, -0.2) is 18.6 Å². The minimum absolute atomic E-state index is 0.359. The molecule has 0 saturated heterocycles. The second-order valence-electron chi connectivity index (χ2n) is 2.79. The minimum Gasteiger partial charge on any atom is -0.465 e. The Morgan fingerprint density at radius 2 is 2.50 bits per heavy atom. The van der Waals surface area contributed by atoms with E-state index in [1.807, 2.05) is 11.4 Å². The third-order valence-electron chi connectivity index (χ3n) is 1.63. The standard InChI is InChI=1S/C9H12ClNO2S/c1-2-13-9(12)8(11)4-7-3-6(10)5-14-7/h3,5,8H,2,4,11H2,1H3. The van der Waals surface area contributed by atoms with Crippen LogP contribution < -0.4 is 5.73 Å². The molecule has 0 aliphatic rings. The molecule has 1 rings (SSSR count). The molecular weight excluding hydrogens is 222 g/mol. The summed E-state index contributed by atoms with van der Waals surface area (Å²) in [7, 11) is 0. The number of hydrogen-bond acceptors (Lipinski definition) is 4. The highest BCUT2D eigenvalue weighted by Gasteiger charge is 2.15. The highest BCUT2D eigenvalue weighted by atomic mass is 35.5. The zero-order valence-electron chi connectivity index (χ0n) is 7.83. The van der Waals surface area contributed by atoms with Crippen molar-refractivity contribution in [3.63, 3.8) is 0 Å². The Labute approximate surface area is 91.8 Å². The maximum absolute atomic E-state index is 11.2. The number of carbonyl (C=O) groups is 1. The summed E-state index contributed by atoms with van der Waals surface area (Å²) in [5.74, 6) is -0.364. The van der Waals surface area contributed by atoms with E-state index < -0.39 is 6.04 Å². The van der Waals surface area contributed by atoms with E-state index in [1.165, 1.54) is 11.3 Å². The molecule has 1 aromatic heterocycles. The number of ether oxygens (including phenoxy) is 1. The summed E-state index contributed by atoms with van der Waals surface area (Å²) in [5, 5.41) is 2.50. The molecule has 5 heteroatoms. The first-order chi connectivity index (χ1) is 6.63. The second-order valence-corrected chi connectivity index (χ2v) is 4.23. The molecular formula is C9H12ClNO2S. The SMILES string of the molecule is CCOC(=O)C(N)Cc1cc(Cl)cs1. The van der Waals surface area contributed by atoms with Gasteiger partial charge in [0.25, 0.3) is 0 Å². The zero-order valence-corrected chi connectivity index (χ0v) is 9.40. The number of rotatable bonds is 4. The molecule has 0 radical (unpaired) electrons. The summed E-state index contributed by atoms with van der Waals surface area (Å²) >= 11 is 7.23. The van der Waals surface area contributed by atoms with Crippen LogP contribution in [0.2, 0.25) is 5.02 Å². The van der Waals surface area contributed by atoms with Crippen LogP contribution in [0.4, 0.5) is 0 Å². The van der Waals surface area contributed by atoms with Crippen molar-refractivity contribution >= 4 is 28.9 Å². The van der Waals surface area contributed by atoms with Crippen molar-refractivity contribution in [3.05, 3.63) is 21.3 Å². The van der Waals surface area contributed by atoms with Crippen LogP contribution in [0.1, 0.15) is 11.8 Å². The molecule has 14 heavy (non-hydrogen) atoms. The van der Waals surface area contributed by atoms with Crippen molar-refractivity contribution in [1.29, 1.82) is 0 Å². The van der Waals surface area contributed by atoms with Crippen molar-refractivity contribution in [2.24, 2.45) is 5.73 Å². The van der Waals surface area contributed by atoms with Gasteiger partial charge in [0.05, 0.1) is 11.6 Å². The molecule has 2 N–H and O–H groups in total. The zero-order chi connectivity index (χ0) is 10.6. The van der Waals surface area contributed by atoms with Gasteiger partial charge in [-0.1, -0.05) is 11.6 Å². The highest BCUT2D eigenvalue weighted by molar-refractivity contribution is 7.10. The Morgan fingerprint density at radius 1 is 1.79 bits per heavy atom. The molecule has 1 heterocycles. The van der Waals surface area contributed by atoms with Crippen LogP contribution in [-0.2, 0) is 16.0 Å². The van der Waals surface area contributed by atoms with Gasteiger partial charge >= 0.3 is 5.97 Å². The maximum atomic E-state index is 11.2. The van der Waals surface area contributed by atoms with Crippen molar-refractivity contribution in [3.8, 4) is 0 Å². The van der Waals surface area contributed by atoms with Crippen LogP contribution in [0, 0.1) is 0 Å². The smallest absolute Gasteiger partial charge is 0.323 e. The summed E-state index contributed by atoms with van der Waals surface area (Å²) in [5.41, 5.74) is 5.63. The van der Waals surface area contributed by atoms with E-state index in [2.05, 4.69) is 0 Å². The average Bonchev–Trinajstić information content (AvgIpc) is 2.51. The number of hydrogen-bond donors (Lipinski definition) is 1. The minimum atomic E-state index is -0.593. The fraction of sp³-hybridized carbons (Fsp3) is 0.444. The average molecular weight is 234 g/mol. The predicted octanol–water partition coefficient (Wildman–Crippen LogP) is 1.83. The van der Waals surface area contributed by atoms with E-state index in [0.717, 1.165) is 4.88 Å². The Bertz CT molecular complexity index is 314. The monoisotopic (exact) mass is 233 g/mol. The van der Waals surface area contributed by atoms with E-state index in [0.29, 0.717) is 18.1 Å². The number of nitrogens with two attached hydrogens (primary N) is 1. The Hall–Kier alpha value is -0.580. The van der Waals surface area contributed by atoms with Crippen LogP contribution in [0.5, 0.6) is 0 Å². The maximum Gasteiger partial charge on any atom is 0.323 e. The Balaban J connectivity index is 2.48. The van der Waals surface area contributed by atoms with Gasteiger partial charge in [-0.3, -0.25) is 4.79 Å². The predicted molar refractivity (Wildman–Crippen MR) is 57.6 cm³/mol. The lowest BCUT2D eigenvalue weighted by molar-refractivity contribution is -0.144. The molecule has 1 unspecified atom stereocenters. The van der Waals surface area contributed by atoms with Gasteiger partial charge in [-0.15, -0.1) is 11.3 Å². The van der Waals surface area contributed by atoms with Crippen molar-refractivity contribution in [2.45, 2.75) is 19.4 Å². The molecule has 1 atom stereocenters. The molecule has 0 spiro atoms. The number of esters is 1. The second kappa shape index (κ2) is 5.34. The molecule has 0 aromatic carbocycles.